The van der Waals surface area contributed by atoms with E-state index in [2.05, 4.69) is 25.0 Å². The Labute approximate surface area is 151 Å². The second-order valence-corrected chi connectivity index (χ2v) is 6.39. The van der Waals surface area contributed by atoms with Gasteiger partial charge < -0.3 is 4.90 Å². The van der Waals surface area contributed by atoms with Crippen LogP contribution in [0.2, 0.25) is 0 Å². The first-order valence-electron chi connectivity index (χ1n) is 8.63. The van der Waals surface area contributed by atoms with Crippen molar-refractivity contribution in [2.75, 3.05) is 6.54 Å². The van der Waals surface area contributed by atoms with E-state index in [0.29, 0.717) is 29.9 Å². The third-order valence-corrected chi connectivity index (χ3v) is 4.40. The molecular weight excluding hydrogens is 330 g/mol. The molecule has 0 aliphatic heterocycles. The highest BCUT2D eigenvalue weighted by atomic mass is 16.2. The molecule has 0 N–H and O–H groups in total. The Hall–Kier alpha value is -3.16. The average Bonchev–Trinajstić information content (AvgIpc) is 3.39. The fourth-order valence-corrected chi connectivity index (χ4v) is 2.74. The van der Waals surface area contributed by atoms with Crippen LogP contribution < -0.4 is 0 Å². The van der Waals surface area contributed by atoms with Crippen LogP contribution in [0, 0.1) is 5.92 Å². The number of carbonyl (C=O) groups is 1. The van der Waals surface area contributed by atoms with Crippen molar-refractivity contribution in [2.24, 2.45) is 5.92 Å². The number of aromatic nitrogens is 6. The predicted molar refractivity (Wildman–Crippen MR) is 93.4 cm³/mol. The molecule has 3 heterocycles. The Kier molecular flexibility index (Phi) is 4.39. The van der Waals surface area contributed by atoms with Crippen LogP contribution in [-0.4, -0.2) is 47.1 Å². The molecule has 0 bridgehead atoms. The van der Waals surface area contributed by atoms with Crippen LogP contribution in [0.15, 0.2) is 49.2 Å². The van der Waals surface area contributed by atoms with Gasteiger partial charge in [0.1, 0.15) is 12.0 Å². The molecule has 1 aliphatic carbocycles. The number of amides is 1. The zero-order chi connectivity index (χ0) is 17.9. The maximum absolute atomic E-state index is 13.0. The van der Waals surface area contributed by atoms with Crippen molar-refractivity contribution in [1.29, 1.82) is 0 Å². The molecule has 3 aromatic rings. The summed E-state index contributed by atoms with van der Waals surface area (Å²) in [5, 5.41) is 4.47. The van der Waals surface area contributed by atoms with Gasteiger partial charge in [0, 0.05) is 25.1 Å². The molecule has 1 saturated carbocycles. The molecule has 1 fully saturated rings. The third-order valence-electron chi connectivity index (χ3n) is 4.40. The summed E-state index contributed by atoms with van der Waals surface area (Å²) < 4.78 is 1.52. The van der Waals surface area contributed by atoms with Crippen molar-refractivity contribution >= 4 is 5.91 Å². The fourth-order valence-electron chi connectivity index (χ4n) is 2.74. The highest BCUT2D eigenvalue weighted by Crippen LogP contribution is 2.32. The predicted octanol–water partition coefficient (Wildman–Crippen LogP) is 2.07. The summed E-state index contributed by atoms with van der Waals surface area (Å²) in [6.07, 6.45) is 8.81. The van der Waals surface area contributed by atoms with E-state index in [0.717, 1.165) is 12.8 Å². The molecule has 0 aromatic carbocycles. The highest BCUT2D eigenvalue weighted by molar-refractivity contribution is 5.92. The maximum Gasteiger partial charge on any atom is 0.273 e. The number of pyridine rings is 1. The van der Waals surface area contributed by atoms with Crippen molar-refractivity contribution in [3.8, 4) is 5.95 Å². The van der Waals surface area contributed by atoms with Crippen LogP contribution in [0.5, 0.6) is 0 Å². The molecule has 0 spiro atoms. The molecule has 1 amide bonds. The molecule has 8 nitrogen and oxygen atoms in total. The van der Waals surface area contributed by atoms with E-state index < -0.39 is 0 Å². The first-order chi connectivity index (χ1) is 12.7. The van der Waals surface area contributed by atoms with Crippen molar-refractivity contribution in [1.82, 2.24) is 34.6 Å². The first kappa shape index (κ1) is 16.3. The van der Waals surface area contributed by atoms with Crippen LogP contribution in [0.4, 0.5) is 0 Å². The second kappa shape index (κ2) is 6.99. The van der Waals surface area contributed by atoms with Crippen molar-refractivity contribution in [2.45, 2.75) is 25.8 Å². The van der Waals surface area contributed by atoms with Crippen LogP contribution in [-0.2, 0) is 0 Å². The van der Waals surface area contributed by atoms with E-state index in [4.69, 9.17) is 0 Å². The monoisotopic (exact) mass is 349 g/mol. The minimum Gasteiger partial charge on any atom is -0.327 e. The lowest BCUT2D eigenvalue weighted by atomic mass is 10.2. The Morgan fingerprint density at radius 2 is 1.92 bits per heavy atom. The van der Waals surface area contributed by atoms with E-state index in [1.807, 2.05) is 17.9 Å². The topological polar surface area (TPSA) is 89.7 Å². The first-order valence-corrected chi connectivity index (χ1v) is 8.63. The highest BCUT2D eigenvalue weighted by Gasteiger charge is 2.32. The van der Waals surface area contributed by atoms with Gasteiger partial charge in [0.15, 0.2) is 5.82 Å². The summed E-state index contributed by atoms with van der Waals surface area (Å²) in [5.74, 6) is 1.45. The number of carbonyl (C=O) groups excluding carboxylic acids is 1. The van der Waals surface area contributed by atoms with Crippen LogP contribution in [0.25, 0.3) is 5.95 Å². The molecule has 4 rings (SSSR count). The summed E-state index contributed by atoms with van der Waals surface area (Å²) in [7, 11) is 0. The normalized spacial score (nSPS) is 14.8. The van der Waals surface area contributed by atoms with Gasteiger partial charge in [-0.1, -0.05) is 6.07 Å². The lowest BCUT2D eigenvalue weighted by molar-refractivity contribution is 0.0666. The van der Waals surface area contributed by atoms with E-state index in [1.54, 1.807) is 43.1 Å². The maximum atomic E-state index is 13.0. The molecule has 3 aromatic heterocycles. The minimum atomic E-state index is -0.268. The van der Waals surface area contributed by atoms with Gasteiger partial charge in [0.25, 0.3) is 11.9 Å². The summed E-state index contributed by atoms with van der Waals surface area (Å²) in [6, 6.07) is 6.83. The molecule has 132 valence electrons. The fraction of sp³-hybridized carbons (Fsp3) is 0.333. The van der Waals surface area contributed by atoms with Gasteiger partial charge in [0.05, 0.1) is 6.04 Å². The molecule has 0 radical (unpaired) electrons. The quantitative estimate of drug-likeness (QED) is 0.677. The van der Waals surface area contributed by atoms with Gasteiger partial charge in [-0.3, -0.25) is 9.78 Å². The minimum absolute atomic E-state index is 0.0997. The number of rotatable bonds is 6. The lowest BCUT2D eigenvalue weighted by Crippen LogP contribution is -2.36. The SMILES string of the molecule is CC(c1ncn(-c2ncccn2)n1)N(CC1CC1)C(=O)c1ccccn1. The van der Waals surface area contributed by atoms with Crippen molar-refractivity contribution in [3.05, 3.63) is 60.7 Å². The Morgan fingerprint density at radius 1 is 1.15 bits per heavy atom. The molecule has 1 atom stereocenters. The largest absolute Gasteiger partial charge is 0.327 e. The zero-order valence-electron chi connectivity index (χ0n) is 14.4. The van der Waals surface area contributed by atoms with E-state index in [9.17, 15) is 4.79 Å². The Morgan fingerprint density at radius 3 is 2.62 bits per heavy atom. The van der Waals surface area contributed by atoms with Crippen LogP contribution in [0.3, 0.4) is 0 Å². The number of hydrogen-bond acceptors (Lipinski definition) is 6. The second-order valence-electron chi connectivity index (χ2n) is 6.39. The molecule has 8 heteroatoms. The van der Waals surface area contributed by atoms with Crippen LogP contribution in [0.1, 0.15) is 42.1 Å². The Bertz CT molecular complexity index is 877. The standard InChI is InChI=1S/C18H19N7O/c1-13(16-22-12-25(23-16)18-20-9-4-10-21-18)24(11-14-6-7-14)17(26)15-5-2-3-8-19-15/h2-5,8-10,12-14H,6-7,11H2,1H3. The molecular formula is C18H19N7O. The summed E-state index contributed by atoms with van der Waals surface area (Å²) in [4.78, 5) is 31.7. The van der Waals surface area contributed by atoms with E-state index >= 15 is 0 Å². The Balaban J connectivity index is 1.59. The smallest absolute Gasteiger partial charge is 0.273 e. The number of hydrogen-bond donors (Lipinski definition) is 0. The van der Waals surface area contributed by atoms with Gasteiger partial charge in [-0.2, -0.15) is 4.68 Å². The summed E-state index contributed by atoms with van der Waals surface area (Å²) in [6.45, 7) is 2.63. The van der Waals surface area contributed by atoms with Crippen LogP contribution >= 0.6 is 0 Å². The molecule has 26 heavy (non-hydrogen) atoms. The average molecular weight is 349 g/mol. The molecule has 0 saturated heterocycles. The van der Waals surface area contributed by atoms with Gasteiger partial charge >= 0.3 is 0 Å². The zero-order valence-corrected chi connectivity index (χ0v) is 14.4. The number of nitrogens with zero attached hydrogens (tertiary/aromatic N) is 7. The van der Waals surface area contributed by atoms with E-state index in [-0.39, 0.29) is 11.9 Å². The van der Waals surface area contributed by atoms with Crippen molar-refractivity contribution < 1.29 is 4.79 Å². The lowest BCUT2D eigenvalue weighted by Gasteiger charge is -2.27. The van der Waals surface area contributed by atoms with Crippen molar-refractivity contribution in [3.63, 3.8) is 0 Å². The van der Waals surface area contributed by atoms with Gasteiger partial charge in [-0.25, -0.2) is 15.0 Å². The van der Waals surface area contributed by atoms with Gasteiger partial charge in [-0.15, -0.1) is 5.10 Å². The van der Waals surface area contributed by atoms with Gasteiger partial charge in [-0.05, 0) is 43.9 Å². The summed E-state index contributed by atoms with van der Waals surface area (Å²) >= 11 is 0. The molecule has 1 unspecified atom stereocenters. The third kappa shape index (κ3) is 3.44. The summed E-state index contributed by atoms with van der Waals surface area (Å²) in [5.41, 5.74) is 0.436. The van der Waals surface area contributed by atoms with Gasteiger partial charge in [0.2, 0.25) is 0 Å². The molecule has 1 aliphatic rings. The van der Waals surface area contributed by atoms with E-state index in [1.165, 1.54) is 4.68 Å².